The van der Waals surface area contributed by atoms with Crippen molar-refractivity contribution in [2.45, 2.75) is 79.3 Å². The predicted molar refractivity (Wildman–Crippen MR) is 160 cm³/mol. The fraction of sp³-hybridized carbons (Fsp3) is 0.500. The lowest BCUT2D eigenvalue weighted by Gasteiger charge is -2.29. The molecule has 40 heavy (non-hydrogen) atoms. The van der Waals surface area contributed by atoms with Crippen LogP contribution in [0.15, 0.2) is 36.4 Å². The van der Waals surface area contributed by atoms with E-state index in [1.807, 2.05) is 13.8 Å². The summed E-state index contributed by atoms with van der Waals surface area (Å²) in [6.45, 7) is 15.2. The highest BCUT2D eigenvalue weighted by atomic mass is 16.2. The zero-order chi connectivity index (χ0) is 29.4. The van der Waals surface area contributed by atoms with Crippen LogP contribution in [0.4, 0.5) is 11.4 Å². The Balaban J connectivity index is 1.94. The van der Waals surface area contributed by atoms with Gasteiger partial charge in [0.2, 0.25) is 11.8 Å². The molecule has 0 spiro atoms. The molecule has 2 amide bonds. The van der Waals surface area contributed by atoms with E-state index in [9.17, 15) is 19.2 Å². The first-order valence-corrected chi connectivity index (χ1v) is 14.6. The quantitative estimate of drug-likeness (QED) is 0.281. The number of fused-ring (bicyclic) bond motifs is 2. The maximum absolute atomic E-state index is 14.0. The van der Waals surface area contributed by atoms with Crippen LogP contribution in [-0.2, 0) is 9.59 Å². The minimum Gasteiger partial charge on any atom is -0.324 e. The van der Waals surface area contributed by atoms with Crippen molar-refractivity contribution in [3.8, 4) is 0 Å². The van der Waals surface area contributed by atoms with Gasteiger partial charge in [0.15, 0.2) is 11.6 Å². The monoisotopic (exact) mass is 548 g/mol. The molecule has 0 aromatic heterocycles. The van der Waals surface area contributed by atoms with Gasteiger partial charge in [0.25, 0.3) is 0 Å². The van der Waals surface area contributed by atoms with Crippen molar-refractivity contribution in [1.29, 1.82) is 0 Å². The largest absolute Gasteiger partial charge is 0.324 e. The zero-order valence-electron chi connectivity index (χ0n) is 24.8. The van der Waals surface area contributed by atoms with E-state index < -0.39 is 17.9 Å². The topological polar surface area (TPSA) is 98.8 Å². The molecule has 0 radical (unpaired) electrons. The molecule has 2 aromatic carbocycles. The number of carbonyl (C=O) groups is 4. The van der Waals surface area contributed by atoms with Crippen molar-refractivity contribution in [3.05, 3.63) is 58.7 Å². The number of anilines is 2. The van der Waals surface area contributed by atoms with Gasteiger partial charge in [0, 0.05) is 11.1 Å². The summed E-state index contributed by atoms with van der Waals surface area (Å²) in [5, 5.41) is 5.85. The fourth-order valence-corrected chi connectivity index (χ4v) is 5.40. The van der Waals surface area contributed by atoms with Gasteiger partial charge in [0.1, 0.15) is 0 Å². The molecule has 2 atom stereocenters. The normalized spacial score (nSPS) is 14.1. The lowest BCUT2D eigenvalue weighted by Crippen LogP contribution is -2.43. The van der Waals surface area contributed by atoms with Gasteiger partial charge in [-0.3, -0.25) is 29.0 Å². The van der Waals surface area contributed by atoms with Crippen LogP contribution >= 0.6 is 0 Å². The summed E-state index contributed by atoms with van der Waals surface area (Å²) in [5.41, 5.74) is 1.42. The smallest absolute Gasteiger partial charge is 0.241 e. The summed E-state index contributed by atoms with van der Waals surface area (Å²) in [7, 11) is 0. The Morgan fingerprint density at radius 1 is 0.625 bits per heavy atom. The molecule has 2 aromatic rings. The van der Waals surface area contributed by atoms with Crippen molar-refractivity contribution in [2.75, 3.05) is 36.8 Å². The molecule has 2 unspecified atom stereocenters. The van der Waals surface area contributed by atoms with E-state index in [-0.39, 0.29) is 39.9 Å². The third kappa shape index (κ3) is 6.67. The Bertz CT molecular complexity index is 1140. The molecule has 2 N–H and O–H groups in total. The number of hydrogen-bond donors (Lipinski definition) is 2. The average molecular weight is 549 g/mol. The van der Waals surface area contributed by atoms with Crippen LogP contribution in [0.3, 0.4) is 0 Å². The number of nitrogens with zero attached hydrogens (tertiary/aromatic N) is 2. The Kier molecular flexibility index (Phi) is 11.2. The SMILES string of the molecule is CCCN(CCC)C(C)C(=O)Nc1cccc2c1C(=O)c1c(NC(=O)C(C)N(CCC)CCC)cccc1C2=O. The Hall–Kier alpha value is -3.36. The number of ketones is 2. The number of carbonyl (C=O) groups excluding carboxylic acids is 4. The van der Waals surface area contributed by atoms with Crippen molar-refractivity contribution >= 4 is 34.8 Å². The van der Waals surface area contributed by atoms with E-state index in [1.165, 1.54) is 0 Å². The first-order chi connectivity index (χ1) is 19.2. The molecule has 8 heteroatoms. The molecular weight excluding hydrogens is 504 g/mol. The summed E-state index contributed by atoms with van der Waals surface area (Å²) >= 11 is 0. The van der Waals surface area contributed by atoms with Crippen LogP contribution in [-0.4, -0.2) is 71.4 Å². The molecular formula is C32H44N4O4. The van der Waals surface area contributed by atoms with Crippen LogP contribution in [0.2, 0.25) is 0 Å². The average Bonchev–Trinajstić information content (AvgIpc) is 2.94. The van der Waals surface area contributed by atoms with Gasteiger partial charge in [-0.05, 0) is 77.8 Å². The van der Waals surface area contributed by atoms with Crippen molar-refractivity contribution in [2.24, 2.45) is 0 Å². The number of benzene rings is 2. The summed E-state index contributed by atoms with van der Waals surface area (Å²) in [6, 6.07) is 9.08. The Morgan fingerprint density at radius 3 is 1.30 bits per heavy atom. The first-order valence-electron chi connectivity index (χ1n) is 14.6. The Labute approximate surface area is 238 Å². The van der Waals surface area contributed by atoms with Crippen molar-refractivity contribution in [1.82, 2.24) is 9.80 Å². The van der Waals surface area contributed by atoms with Gasteiger partial charge in [0.05, 0.1) is 34.6 Å². The summed E-state index contributed by atoms with van der Waals surface area (Å²) in [6.07, 6.45) is 3.68. The highest BCUT2D eigenvalue weighted by Gasteiger charge is 2.35. The van der Waals surface area contributed by atoms with E-state index in [4.69, 9.17) is 0 Å². The van der Waals surface area contributed by atoms with Crippen molar-refractivity contribution < 1.29 is 19.2 Å². The summed E-state index contributed by atoms with van der Waals surface area (Å²) < 4.78 is 0. The number of nitrogens with one attached hydrogen (secondary N) is 2. The molecule has 3 rings (SSSR count). The van der Waals surface area contributed by atoms with Gasteiger partial charge in [-0.2, -0.15) is 0 Å². The molecule has 1 aliphatic rings. The Morgan fingerprint density at radius 2 is 0.975 bits per heavy atom. The molecule has 0 saturated heterocycles. The van der Waals surface area contributed by atoms with Crippen LogP contribution in [0.5, 0.6) is 0 Å². The molecule has 216 valence electrons. The van der Waals surface area contributed by atoms with E-state index in [0.29, 0.717) is 11.4 Å². The molecule has 0 bridgehead atoms. The highest BCUT2D eigenvalue weighted by Crippen LogP contribution is 2.35. The van der Waals surface area contributed by atoms with Gasteiger partial charge >= 0.3 is 0 Å². The van der Waals surface area contributed by atoms with E-state index in [1.54, 1.807) is 36.4 Å². The second kappa shape index (κ2) is 14.3. The third-order valence-corrected chi connectivity index (χ3v) is 7.49. The first kappa shape index (κ1) is 31.2. The minimum atomic E-state index is -0.400. The zero-order valence-corrected chi connectivity index (χ0v) is 24.8. The van der Waals surface area contributed by atoms with Crippen LogP contribution in [0.25, 0.3) is 0 Å². The maximum Gasteiger partial charge on any atom is 0.241 e. The molecule has 0 aliphatic heterocycles. The molecule has 8 nitrogen and oxygen atoms in total. The number of amides is 2. The predicted octanol–water partition coefficient (Wildman–Crippen LogP) is 5.36. The summed E-state index contributed by atoms with van der Waals surface area (Å²) in [5.74, 6) is -1.17. The maximum atomic E-state index is 14.0. The van der Waals surface area contributed by atoms with Crippen LogP contribution in [0, 0.1) is 0 Å². The van der Waals surface area contributed by atoms with E-state index in [2.05, 4.69) is 48.1 Å². The molecule has 1 aliphatic carbocycles. The number of hydrogen-bond acceptors (Lipinski definition) is 6. The second-order valence-electron chi connectivity index (χ2n) is 10.5. The number of rotatable bonds is 14. The van der Waals surface area contributed by atoms with Gasteiger partial charge < -0.3 is 10.6 Å². The second-order valence-corrected chi connectivity index (χ2v) is 10.5. The standard InChI is InChI=1S/C32H44N4O4/c1-7-17-35(18-8-2)21(5)31(39)33-25-15-11-13-23-27(25)30(38)28-24(29(23)37)14-12-16-26(28)34-32(40)22(6)36(19-9-3)20-10-4/h11-16,21-22H,7-10,17-20H2,1-6H3,(H,33,39)(H,34,40). The van der Waals surface area contributed by atoms with Crippen LogP contribution in [0.1, 0.15) is 99.1 Å². The van der Waals surface area contributed by atoms with E-state index >= 15 is 0 Å². The van der Waals surface area contributed by atoms with Gasteiger partial charge in [-0.25, -0.2) is 0 Å². The molecule has 0 heterocycles. The third-order valence-electron chi connectivity index (χ3n) is 7.49. The minimum absolute atomic E-state index is 0.159. The molecule has 0 fully saturated rings. The van der Waals surface area contributed by atoms with Gasteiger partial charge in [-0.1, -0.05) is 52.0 Å². The fourth-order valence-electron chi connectivity index (χ4n) is 5.40. The van der Waals surface area contributed by atoms with Gasteiger partial charge in [-0.15, -0.1) is 0 Å². The van der Waals surface area contributed by atoms with Crippen LogP contribution < -0.4 is 10.6 Å². The highest BCUT2D eigenvalue weighted by molar-refractivity contribution is 6.32. The van der Waals surface area contributed by atoms with E-state index in [0.717, 1.165) is 51.9 Å². The lowest BCUT2D eigenvalue weighted by atomic mass is 9.82. The lowest BCUT2D eigenvalue weighted by molar-refractivity contribution is -0.121. The summed E-state index contributed by atoms with van der Waals surface area (Å²) in [4.78, 5) is 58.3. The van der Waals surface area contributed by atoms with Crippen molar-refractivity contribution in [3.63, 3.8) is 0 Å². The molecule has 0 saturated carbocycles.